The molecule has 3 rings (SSSR count). The Morgan fingerprint density at radius 3 is 2.39 bits per heavy atom. The molecule has 2 N–H and O–H groups in total. The lowest BCUT2D eigenvalue weighted by Crippen LogP contribution is -2.24. The predicted molar refractivity (Wildman–Crippen MR) is 93.9 cm³/mol. The first-order valence-corrected chi connectivity index (χ1v) is 8.03. The number of aromatic nitrogens is 2. The van der Waals surface area contributed by atoms with Gasteiger partial charge in [-0.1, -0.05) is 0 Å². The number of halogens is 3. The number of hydrogen-bond donors (Lipinski definition) is 2. The number of carbonyl (C=O) groups is 2. The monoisotopic (exact) mass is 386 g/mol. The number of hydrogen-bond acceptors (Lipinski definition) is 4. The van der Waals surface area contributed by atoms with E-state index in [9.17, 15) is 22.8 Å². The molecule has 0 aliphatic heterocycles. The fourth-order valence-electron chi connectivity index (χ4n) is 2.29. The van der Waals surface area contributed by atoms with Crippen LogP contribution in [-0.4, -0.2) is 21.8 Å². The Bertz CT molecular complexity index is 1030. The van der Waals surface area contributed by atoms with Crippen molar-refractivity contribution in [2.75, 3.05) is 5.32 Å². The Morgan fingerprint density at radius 1 is 0.893 bits per heavy atom. The van der Waals surface area contributed by atoms with Gasteiger partial charge in [0.25, 0.3) is 11.8 Å². The summed E-state index contributed by atoms with van der Waals surface area (Å²) in [6.07, 6.45) is 4.40. The molecule has 0 unspecified atom stereocenters. The van der Waals surface area contributed by atoms with Crippen molar-refractivity contribution in [2.45, 2.75) is 6.54 Å². The van der Waals surface area contributed by atoms with Gasteiger partial charge in [-0.2, -0.15) is 0 Å². The molecule has 3 aromatic rings. The topological polar surface area (TPSA) is 84.0 Å². The molecule has 28 heavy (non-hydrogen) atoms. The summed E-state index contributed by atoms with van der Waals surface area (Å²) in [5, 5.41) is 4.77. The first-order valence-electron chi connectivity index (χ1n) is 8.03. The number of carbonyl (C=O) groups excluding carboxylic acids is 2. The summed E-state index contributed by atoms with van der Waals surface area (Å²) in [4.78, 5) is 32.2. The van der Waals surface area contributed by atoms with E-state index in [0.29, 0.717) is 6.07 Å². The zero-order chi connectivity index (χ0) is 20.1. The van der Waals surface area contributed by atoms with Crippen LogP contribution in [0.4, 0.5) is 18.9 Å². The van der Waals surface area contributed by atoms with Crippen molar-refractivity contribution in [1.82, 2.24) is 15.3 Å². The number of rotatable bonds is 5. The standard InChI is InChI=1S/C19H13F3N4O2/c20-13-1-2-14(17(22)16(13)21)26-18(27)12-5-8-24-15(9-12)19(28)25-10-11-3-6-23-7-4-11/h1-9H,10H2,(H,25,28)(H,26,27). The number of nitrogens with zero attached hydrogens (tertiary/aromatic N) is 2. The third-order valence-corrected chi connectivity index (χ3v) is 3.74. The van der Waals surface area contributed by atoms with Gasteiger partial charge in [-0.05, 0) is 42.0 Å². The smallest absolute Gasteiger partial charge is 0.270 e. The first kappa shape index (κ1) is 19.0. The van der Waals surface area contributed by atoms with Gasteiger partial charge >= 0.3 is 0 Å². The zero-order valence-corrected chi connectivity index (χ0v) is 14.2. The van der Waals surface area contributed by atoms with Crippen LogP contribution in [0.15, 0.2) is 55.0 Å². The lowest BCUT2D eigenvalue weighted by molar-refractivity contribution is 0.0946. The Labute approximate surface area is 157 Å². The third kappa shape index (κ3) is 4.32. The van der Waals surface area contributed by atoms with Crippen LogP contribution in [0.25, 0.3) is 0 Å². The van der Waals surface area contributed by atoms with E-state index < -0.39 is 35.0 Å². The van der Waals surface area contributed by atoms with Gasteiger partial charge in [0.05, 0.1) is 5.69 Å². The van der Waals surface area contributed by atoms with Gasteiger partial charge in [0.15, 0.2) is 17.5 Å². The molecule has 2 amide bonds. The van der Waals surface area contributed by atoms with Crippen molar-refractivity contribution < 1.29 is 22.8 Å². The van der Waals surface area contributed by atoms with Crippen molar-refractivity contribution in [3.05, 3.63) is 89.3 Å². The van der Waals surface area contributed by atoms with Crippen molar-refractivity contribution in [1.29, 1.82) is 0 Å². The van der Waals surface area contributed by atoms with Crippen LogP contribution in [0, 0.1) is 17.5 Å². The average molecular weight is 386 g/mol. The normalized spacial score (nSPS) is 10.4. The maximum absolute atomic E-state index is 13.7. The summed E-state index contributed by atoms with van der Waals surface area (Å²) in [6, 6.07) is 7.55. The fraction of sp³-hybridized carbons (Fsp3) is 0.0526. The minimum absolute atomic E-state index is 0.00630. The largest absolute Gasteiger partial charge is 0.347 e. The highest BCUT2D eigenvalue weighted by Crippen LogP contribution is 2.20. The Hall–Kier alpha value is -3.75. The Kier molecular flexibility index (Phi) is 5.64. The molecule has 0 radical (unpaired) electrons. The van der Waals surface area contributed by atoms with Crippen molar-refractivity contribution >= 4 is 17.5 Å². The highest BCUT2D eigenvalue weighted by Gasteiger charge is 2.17. The molecule has 2 aromatic heterocycles. The van der Waals surface area contributed by atoms with Crippen molar-refractivity contribution in [3.8, 4) is 0 Å². The van der Waals surface area contributed by atoms with Gasteiger partial charge < -0.3 is 10.6 Å². The number of pyridine rings is 2. The lowest BCUT2D eigenvalue weighted by atomic mass is 10.2. The van der Waals surface area contributed by atoms with Crippen molar-refractivity contribution in [3.63, 3.8) is 0 Å². The predicted octanol–water partition coefficient (Wildman–Crippen LogP) is 3.08. The van der Waals surface area contributed by atoms with Crippen molar-refractivity contribution in [2.24, 2.45) is 0 Å². The summed E-state index contributed by atoms with van der Waals surface area (Å²) in [6.45, 7) is 0.236. The second-order valence-electron chi connectivity index (χ2n) is 5.64. The SMILES string of the molecule is O=C(Nc1ccc(F)c(F)c1F)c1ccnc(C(=O)NCc2ccncc2)c1. The summed E-state index contributed by atoms with van der Waals surface area (Å²) < 4.78 is 39.9. The number of anilines is 1. The third-order valence-electron chi connectivity index (χ3n) is 3.74. The molecule has 1 aromatic carbocycles. The number of benzene rings is 1. The van der Waals surface area contributed by atoms with Crippen LogP contribution in [0.5, 0.6) is 0 Å². The molecule has 0 atom stereocenters. The van der Waals surface area contributed by atoms with Crippen LogP contribution in [0.2, 0.25) is 0 Å². The van der Waals surface area contributed by atoms with Crippen LogP contribution in [0.3, 0.4) is 0 Å². The Balaban J connectivity index is 1.71. The molecule has 9 heteroatoms. The van der Waals surface area contributed by atoms with Gasteiger partial charge in [0, 0.05) is 30.7 Å². The molecule has 6 nitrogen and oxygen atoms in total. The number of amides is 2. The highest BCUT2D eigenvalue weighted by molar-refractivity contribution is 6.05. The van der Waals surface area contributed by atoms with Crippen LogP contribution < -0.4 is 10.6 Å². The van der Waals surface area contributed by atoms with Gasteiger partial charge in [-0.25, -0.2) is 13.2 Å². The van der Waals surface area contributed by atoms with E-state index in [2.05, 4.69) is 20.6 Å². The second-order valence-corrected chi connectivity index (χ2v) is 5.64. The molecule has 0 aliphatic rings. The zero-order valence-electron chi connectivity index (χ0n) is 14.2. The second kappa shape index (κ2) is 8.30. The van der Waals surface area contributed by atoms with Gasteiger partial charge in [-0.15, -0.1) is 0 Å². The molecule has 0 bridgehead atoms. The van der Waals surface area contributed by atoms with E-state index in [1.165, 1.54) is 18.3 Å². The van der Waals surface area contributed by atoms with Crippen LogP contribution in [-0.2, 0) is 6.54 Å². The first-order chi connectivity index (χ1) is 13.5. The Morgan fingerprint density at radius 2 is 1.64 bits per heavy atom. The number of nitrogens with one attached hydrogen (secondary N) is 2. The summed E-state index contributed by atoms with van der Waals surface area (Å²) in [5.74, 6) is -5.91. The maximum atomic E-state index is 13.7. The molecule has 142 valence electrons. The summed E-state index contributed by atoms with van der Waals surface area (Å²) >= 11 is 0. The molecule has 0 aliphatic carbocycles. The highest BCUT2D eigenvalue weighted by atomic mass is 19.2. The van der Waals surface area contributed by atoms with E-state index >= 15 is 0 Å². The van der Waals surface area contributed by atoms with E-state index in [4.69, 9.17) is 0 Å². The average Bonchev–Trinajstić information content (AvgIpc) is 2.73. The van der Waals surface area contributed by atoms with E-state index in [1.807, 2.05) is 0 Å². The molecule has 0 spiro atoms. The molecule has 0 saturated heterocycles. The van der Waals surface area contributed by atoms with Gasteiger partial charge in [0.1, 0.15) is 5.69 Å². The van der Waals surface area contributed by atoms with Gasteiger partial charge in [0.2, 0.25) is 0 Å². The minimum atomic E-state index is -1.69. The van der Waals surface area contributed by atoms with Gasteiger partial charge in [-0.3, -0.25) is 19.6 Å². The molecular formula is C19H13F3N4O2. The van der Waals surface area contributed by atoms with Crippen LogP contribution in [0.1, 0.15) is 26.4 Å². The summed E-state index contributed by atoms with van der Waals surface area (Å²) in [7, 11) is 0. The fourth-order valence-corrected chi connectivity index (χ4v) is 2.29. The minimum Gasteiger partial charge on any atom is -0.347 e. The maximum Gasteiger partial charge on any atom is 0.270 e. The molecular weight excluding hydrogens is 373 g/mol. The summed E-state index contributed by atoms with van der Waals surface area (Å²) in [5.41, 5.74) is 0.260. The lowest BCUT2D eigenvalue weighted by Gasteiger charge is -2.09. The quantitative estimate of drug-likeness (QED) is 0.660. The van der Waals surface area contributed by atoms with E-state index in [0.717, 1.165) is 11.6 Å². The van der Waals surface area contributed by atoms with E-state index in [-0.39, 0.29) is 17.8 Å². The van der Waals surface area contributed by atoms with Crippen LogP contribution >= 0.6 is 0 Å². The van der Waals surface area contributed by atoms with E-state index in [1.54, 1.807) is 24.5 Å². The molecule has 0 saturated carbocycles. The molecule has 2 heterocycles. The molecule has 0 fully saturated rings.